The van der Waals surface area contributed by atoms with Crippen molar-refractivity contribution in [3.63, 3.8) is 0 Å². The van der Waals surface area contributed by atoms with Crippen LogP contribution in [-0.4, -0.2) is 107 Å². The highest BCUT2D eigenvalue weighted by molar-refractivity contribution is 7.99. The van der Waals surface area contributed by atoms with Crippen molar-refractivity contribution in [2.24, 2.45) is 0 Å². The van der Waals surface area contributed by atoms with E-state index in [0.29, 0.717) is 38.1 Å². The first kappa shape index (κ1) is 41.3. The van der Waals surface area contributed by atoms with E-state index in [1.54, 1.807) is 0 Å². The van der Waals surface area contributed by atoms with Crippen molar-refractivity contribution in [3.8, 4) is 0 Å². The molecule has 5 aliphatic rings. The number of ketones is 1. The number of thioether (sulfide) groups is 2. The third-order valence-electron chi connectivity index (χ3n) is 10.1. The molecular weight excluding hydrogens is 637 g/mol. The minimum atomic E-state index is -2.86. The van der Waals surface area contributed by atoms with E-state index in [0.717, 1.165) is 69.5 Å². The topological polar surface area (TPSA) is 129 Å². The highest BCUT2D eigenvalue weighted by Crippen LogP contribution is 2.44. The second kappa shape index (κ2) is 18.7. The fraction of sp³-hybridized carbons (Fsp3) is 0.970. The molecule has 5 heterocycles. The molecule has 0 aromatic rings. The van der Waals surface area contributed by atoms with Gasteiger partial charge < -0.3 is 29.2 Å². The third-order valence-corrected chi connectivity index (χ3v) is 13.7. The van der Waals surface area contributed by atoms with Crippen molar-refractivity contribution in [1.82, 2.24) is 0 Å². The Morgan fingerprint density at radius 1 is 0.711 bits per heavy atom. The van der Waals surface area contributed by atoms with Gasteiger partial charge in [-0.2, -0.15) is 23.5 Å². The minimum absolute atomic E-state index is 0.0159. The fourth-order valence-electron chi connectivity index (χ4n) is 5.73. The SMILES string of the molecule is CCC(O)(CC)CO.CCC1(CC)COC2(CCS(=O)(=O)CC2)O1.CCC1(CC)COC2(CCSCC2)O1.O=C1CCSCC1. The van der Waals surface area contributed by atoms with E-state index < -0.39 is 21.2 Å². The molecule has 0 amide bonds. The summed E-state index contributed by atoms with van der Waals surface area (Å²) in [6.07, 6.45) is 9.94. The molecule has 0 unspecified atom stereocenters. The largest absolute Gasteiger partial charge is 0.393 e. The number of carbonyl (C=O) groups excluding carboxylic acids is 1. The predicted octanol–water partition coefficient (Wildman–Crippen LogP) is 5.92. The van der Waals surface area contributed by atoms with Crippen molar-refractivity contribution in [3.05, 3.63) is 0 Å². The maximum atomic E-state index is 11.4. The van der Waals surface area contributed by atoms with Crippen molar-refractivity contribution in [2.45, 2.75) is 147 Å². The van der Waals surface area contributed by atoms with Crippen LogP contribution in [0.5, 0.6) is 0 Å². The first-order valence-electron chi connectivity index (χ1n) is 17.2. The van der Waals surface area contributed by atoms with Crippen molar-refractivity contribution >= 4 is 39.1 Å². The molecule has 0 saturated carbocycles. The summed E-state index contributed by atoms with van der Waals surface area (Å²) in [6.45, 7) is 13.6. The molecule has 0 bridgehead atoms. The normalized spacial score (nSPS) is 25.7. The second-order valence-corrected chi connectivity index (χ2v) is 17.6. The highest BCUT2D eigenvalue weighted by Gasteiger charge is 2.51. The lowest BCUT2D eigenvalue weighted by molar-refractivity contribution is -0.193. The maximum Gasteiger partial charge on any atom is 0.171 e. The summed E-state index contributed by atoms with van der Waals surface area (Å²) in [5.74, 6) is 4.48. The number of ether oxygens (including phenoxy) is 4. The van der Waals surface area contributed by atoms with Gasteiger partial charge in [-0.1, -0.05) is 41.5 Å². The molecule has 0 aliphatic carbocycles. The number of hydrogen-bond donors (Lipinski definition) is 2. The standard InChI is InChI=1S/C11H20O4S.C11H20O2S.C6H14O2.C5H8OS/c1-3-10(4-2)9-14-11(15-10)5-7-16(12,13)8-6-11;1-3-10(4-2)9-12-11(13-10)5-7-14-8-6-11;1-3-6(8,4-2)5-7;6-5-1-3-7-4-2-5/h3-9H2,1-2H3;3-9H2,1-2H3;7-8H,3-5H2,1-2H3;1-4H2. The molecule has 5 saturated heterocycles. The van der Waals surface area contributed by atoms with E-state index >= 15 is 0 Å². The van der Waals surface area contributed by atoms with Crippen LogP contribution in [0.2, 0.25) is 0 Å². The number of aliphatic hydroxyl groups is 2. The van der Waals surface area contributed by atoms with E-state index in [1.807, 2.05) is 37.4 Å². The Bertz CT molecular complexity index is 940. The molecule has 0 aromatic carbocycles. The van der Waals surface area contributed by atoms with Gasteiger partial charge in [0.25, 0.3) is 0 Å². The van der Waals surface area contributed by atoms with Crippen LogP contribution in [0, 0.1) is 0 Å². The summed E-state index contributed by atoms with van der Waals surface area (Å²) in [4.78, 5) is 10.4. The van der Waals surface area contributed by atoms with Crippen LogP contribution in [-0.2, 0) is 33.6 Å². The van der Waals surface area contributed by atoms with Gasteiger partial charge >= 0.3 is 0 Å². The number of sulfone groups is 1. The van der Waals surface area contributed by atoms with Crippen molar-refractivity contribution < 1.29 is 42.4 Å². The van der Waals surface area contributed by atoms with Crippen molar-refractivity contribution in [2.75, 3.05) is 54.3 Å². The first-order valence-corrected chi connectivity index (χ1v) is 21.3. The molecule has 12 heteroatoms. The number of hydrogen-bond acceptors (Lipinski definition) is 11. The summed E-state index contributed by atoms with van der Waals surface area (Å²) in [6, 6.07) is 0. The summed E-state index contributed by atoms with van der Waals surface area (Å²) in [7, 11) is -2.86. The zero-order valence-corrected chi connectivity index (χ0v) is 31.3. The Kier molecular flexibility index (Phi) is 17.2. The van der Waals surface area contributed by atoms with Gasteiger partial charge in [-0.3, -0.25) is 4.79 Å². The molecule has 2 spiro atoms. The Balaban J connectivity index is 0.000000221. The summed E-state index contributed by atoms with van der Waals surface area (Å²) < 4.78 is 46.8. The van der Waals surface area contributed by atoms with Crippen LogP contribution < -0.4 is 0 Å². The average Bonchev–Trinajstić information content (AvgIpc) is 3.63. The van der Waals surface area contributed by atoms with Gasteiger partial charge in [-0.05, 0) is 50.0 Å². The van der Waals surface area contributed by atoms with E-state index in [2.05, 4.69) is 27.7 Å². The molecule has 0 aromatic heterocycles. The van der Waals surface area contributed by atoms with Crippen LogP contribution in [0.15, 0.2) is 0 Å². The Hall–Kier alpha value is 0.0800. The predicted molar refractivity (Wildman–Crippen MR) is 185 cm³/mol. The Labute approximate surface area is 281 Å². The number of aliphatic hydroxyl groups excluding tert-OH is 1. The van der Waals surface area contributed by atoms with Gasteiger partial charge in [0.15, 0.2) is 21.4 Å². The molecule has 9 nitrogen and oxygen atoms in total. The van der Waals surface area contributed by atoms with E-state index in [-0.39, 0.29) is 35.1 Å². The molecule has 0 radical (unpaired) electrons. The van der Waals surface area contributed by atoms with Gasteiger partial charge in [-0.15, -0.1) is 0 Å². The quantitative estimate of drug-likeness (QED) is 0.329. The number of carbonyl (C=O) groups is 1. The van der Waals surface area contributed by atoms with Gasteiger partial charge in [-0.25, -0.2) is 8.42 Å². The van der Waals surface area contributed by atoms with Gasteiger partial charge in [0, 0.05) is 50.0 Å². The van der Waals surface area contributed by atoms with E-state index in [9.17, 15) is 18.3 Å². The summed E-state index contributed by atoms with van der Waals surface area (Å²) in [5.41, 5.74) is -0.997. The monoisotopic (exact) mass is 698 g/mol. The molecule has 45 heavy (non-hydrogen) atoms. The van der Waals surface area contributed by atoms with E-state index in [4.69, 9.17) is 24.1 Å². The number of rotatable bonds is 7. The minimum Gasteiger partial charge on any atom is -0.393 e. The van der Waals surface area contributed by atoms with Crippen LogP contribution in [0.3, 0.4) is 0 Å². The lowest BCUT2D eigenvalue weighted by Gasteiger charge is -2.34. The molecular formula is C33H62O9S3. The average molecular weight is 699 g/mol. The van der Waals surface area contributed by atoms with Gasteiger partial charge in [0.1, 0.15) is 5.78 Å². The third kappa shape index (κ3) is 12.5. The fourth-order valence-corrected chi connectivity index (χ4v) is 9.24. The number of Topliss-reactive ketones (excluding diaryl/α,β-unsaturated/α-hetero) is 1. The molecule has 2 N–H and O–H groups in total. The summed E-state index contributed by atoms with van der Waals surface area (Å²) >= 11 is 3.89. The molecule has 0 atom stereocenters. The molecule has 5 aliphatic heterocycles. The molecule has 5 fully saturated rings. The summed E-state index contributed by atoms with van der Waals surface area (Å²) in [5, 5.41) is 17.7. The smallest absolute Gasteiger partial charge is 0.171 e. The van der Waals surface area contributed by atoms with E-state index in [1.165, 1.54) is 11.5 Å². The Morgan fingerprint density at radius 2 is 1.11 bits per heavy atom. The van der Waals surface area contributed by atoms with Crippen LogP contribution >= 0.6 is 23.5 Å². The van der Waals surface area contributed by atoms with Gasteiger partial charge in [0.05, 0.1) is 48.1 Å². The zero-order chi connectivity index (χ0) is 33.7. The highest BCUT2D eigenvalue weighted by atomic mass is 32.2. The second-order valence-electron chi connectivity index (χ2n) is 12.9. The maximum absolute atomic E-state index is 11.4. The van der Waals surface area contributed by atoms with Crippen LogP contribution in [0.25, 0.3) is 0 Å². The molecule has 266 valence electrons. The molecule has 5 rings (SSSR count). The van der Waals surface area contributed by atoms with Crippen LogP contribution in [0.4, 0.5) is 0 Å². The lowest BCUT2D eigenvalue weighted by Crippen LogP contribution is -2.42. The lowest BCUT2D eigenvalue weighted by atomic mass is 9.99. The van der Waals surface area contributed by atoms with Crippen LogP contribution in [0.1, 0.15) is 119 Å². The van der Waals surface area contributed by atoms with Gasteiger partial charge in [0.2, 0.25) is 0 Å². The first-order chi connectivity index (χ1) is 21.3. The zero-order valence-electron chi connectivity index (χ0n) is 28.8. The van der Waals surface area contributed by atoms with Crippen molar-refractivity contribution in [1.29, 1.82) is 0 Å². The Morgan fingerprint density at radius 3 is 1.40 bits per heavy atom.